The smallest absolute Gasteiger partial charge is 0.163 e. The Balaban J connectivity index is 1.79. The number of benzene rings is 2. The van der Waals surface area contributed by atoms with Gasteiger partial charge in [-0.1, -0.05) is 23.7 Å². The molecule has 28 heavy (non-hydrogen) atoms. The van der Waals surface area contributed by atoms with Crippen LogP contribution in [-0.4, -0.2) is 25.1 Å². The normalized spacial score (nSPS) is 11.2. The number of hydrogen-bond acceptors (Lipinski definition) is 6. The maximum atomic E-state index is 6.36. The fraction of sp³-hybridized carbons (Fsp3) is 0. The molecule has 0 saturated carbocycles. The lowest BCUT2D eigenvalue weighted by Gasteiger charge is -2.14. The van der Waals surface area contributed by atoms with Gasteiger partial charge in [0.25, 0.3) is 0 Å². The van der Waals surface area contributed by atoms with Crippen LogP contribution in [-0.2, 0) is 0 Å². The lowest BCUT2D eigenvalue weighted by atomic mass is 10.0. The third kappa shape index (κ3) is 2.69. The zero-order valence-corrected chi connectivity index (χ0v) is 15.3. The molecular formula is C20H14ClN7. The first-order valence-electron chi connectivity index (χ1n) is 8.55. The fourth-order valence-electron chi connectivity index (χ4n) is 3.25. The highest BCUT2D eigenvalue weighted by Gasteiger charge is 2.14. The van der Waals surface area contributed by atoms with Crippen LogP contribution in [0.1, 0.15) is 0 Å². The summed E-state index contributed by atoms with van der Waals surface area (Å²) < 4.78 is 0. The van der Waals surface area contributed by atoms with Gasteiger partial charge in [0.15, 0.2) is 5.82 Å². The zero-order chi connectivity index (χ0) is 19.1. The molecule has 0 aliphatic heterocycles. The molecule has 8 heteroatoms. The summed E-state index contributed by atoms with van der Waals surface area (Å²) in [6, 6.07) is 13.2. The van der Waals surface area contributed by atoms with Crippen LogP contribution in [0.4, 0.5) is 17.2 Å². The van der Waals surface area contributed by atoms with Gasteiger partial charge in [0.1, 0.15) is 12.1 Å². The van der Waals surface area contributed by atoms with E-state index in [-0.39, 0.29) is 0 Å². The molecule has 4 N–H and O–H groups in total. The molecule has 0 aliphatic rings. The molecule has 2 aromatic carbocycles. The molecule has 0 saturated heterocycles. The van der Waals surface area contributed by atoms with Crippen molar-refractivity contribution < 1.29 is 0 Å². The van der Waals surface area contributed by atoms with Crippen molar-refractivity contribution in [2.24, 2.45) is 0 Å². The van der Waals surface area contributed by atoms with Gasteiger partial charge in [0, 0.05) is 39.8 Å². The van der Waals surface area contributed by atoms with Gasteiger partial charge in [-0.25, -0.2) is 4.98 Å². The van der Waals surface area contributed by atoms with E-state index in [2.05, 4.69) is 25.5 Å². The van der Waals surface area contributed by atoms with Crippen molar-refractivity contribution in [3.63, 3.8) is 0 Å². The number of nitrogens with one attached hydrogen (secondary N) is 2. The largest absolute Gasteiger partial charge is 0.399 e. The second kappa shape index (κ2) is 6.47. The van der Waals surface area contributed by atoms with Gasteiger partial charge < -0.3 is 16.0 Å². The standard InChI is InChI=1S/C20H14ClN7/c21-16-8-11(22)4-5-17(16)26-20-13-6-7-23-9-15(13)12-2-1-3-14(18(12)27-20)19-24-10-25-28-19/h1-10H,22H2,(H,26,27)(H,24,25,28). The average Bonchev–Trinajstić information content (AvgIpc) is 3.24. The summed E-state index contributed by atoms with van der Waals surface area (Å²) in [5.74, 6) is 1.32. The van der Waals surface area contributed by atoms with Gasteiger partial charge >= 0.3 is 0 Å². The number of H-pyrrole nitrogens is 1. The summed E-state index contributed by atoms with van der Waals surface area (Å²) in [6.45, 7) is 0. The van der Waals surface area contributed by atoms with E-state index in [1.165, 1.54) is 0 Å². The van der Waals surface area contributed by atoms with E-state index in [1.807, 2.05) is 36.5 Å². The van der Waals surface area contributed by atoms with Crippen molar-refractivity contribution in [2.75, 3.05) is 11.1 Å². The molecule has 3 heterocycles. The molecule has 0 spiro atoms. The molecule has 136 valence electrons. The van der Waals surface area contributed by atoms with Crippen LogP contribution < -0.4 is 11.1 Å². The van der Waals surface area contributed by atoms with Gasteiger partial charge in [-0.15, -0.1) is 10.2 Å². The van der Waals surface area contributed by atoms with Crippen LogP contribution >= 0.6 is 11.6 Å². The summed E-state index contributed by atoms with van der Waals surface area (Å²) in [7, 11) is 0. The number of nitrogens with zero attached hydrogens (tertiary/aromatic N) is 4. The third-order valence-corrected chi connectivity index (χ3v) is 4.86. The van der Waals surface area contributed by atoms with Crippen LogP contribution in [0.5, 0.6) is 0 Å². The van der Waals surface area contributed by atoms with E-state index in [0.717, 1.165) is 32.9 Å². The fourth-order valence-corrected chi connectivity index (χ4v) is 3.49. The van der Waals surface area contributed by atoms with Crippen LogP contribution in [0.25, 0.3) is 33.1 Å². The quantitative estimate of drug-likeness (QED) is 0.310. The van der Waals surface area contributed by atoms with Gasteiger partial charge in [0.05, 0.1) is 16.2 Å². The molecule has 0 atom stereocenters. The van der Waals surface area contributed by atoms with E-state index < -0.39 is 0 Å². The SMILES string of the molecule is Nc1ccc(Nc2nc3c(-c4nnc[nH]4)cccc3c3cnccc23)c(Cl)c1. The molecule has 0 bridgehead atoms. The Morgan fingerprint density at radius 2 is 1.96 bits per heavy atom. The molecule has 5 rings (SSSR count). The van der Waals surface area contributed by atoms with Gasteiger partial charge in [-0.2, -0.15) is 0 Å². The Labute approximate surface area is 164 Å². The van der Waals surface area contributed by atoms with Crippen molar-refractivity contribution >= 4 is 50.5 Å². The van der Waals surface area contributed by atoms with E-state index >= 15 is 0 Å². The minimum absolute atomic E-state index is 0.521. The lowest BCUT2D eigenvalue weighted by Crippen LogP contribution is -1.99. The molecular weight excluding hydrogens is 374 g/mol. The number of para-hydroxylation sites is 1. The Bertz CT molecular complexity index is 1320. The molecule has 0 radical (unpaired) electrons. The molecule has 0 amide bonds. The van der Waals surface area contributed by atoms with Crippen LogP contribution in [0.3, 0.4) is 0 Å². The maximum absolute atomic E-state index is 6.36. The monoisotopic (exact) mass is 387 g/mol. The Kier molecular flexibility index (Phi) is 3.80. The van der Waals surface area contributed by atoms with Crippen LogP contribution in [0, 0.1) is 0 Å². The predicted octanol–water partition coefficient (Wildman–Crippen LogP) is 4.55. The van der Waals surface area contributed by atoms with Crippen molar-refractivity contribution in [1.82, 2.24) is 25.1 Å². The van der Waals surface area contributed by atoms with Gasteiger partial charge in [0.2, 0.25) is 0 Å². The number of aromatic nitrogens is 5. The van der Waals surface area contributed by atoms with Crippen LogP contribution in [0.15, 0.2) is 61.2 Å². The number of rotatable bonds is 3. The molecule has 3 aromatic heterocycles. The Morgan fingerprint density at radius 3 is 2.79 bits per heavy atom. The summed E-state index contributed by atoms with van der Waals surface area (Å²) in [6.07, 6.45) is 5.12. The first kappa shape index (κ1) is 16.5. The lowest BCUT2D eigenvalue weighted by molar-refractivity contribution is 1.10. The second-order valence-corrected chi connectivity index (χ2v) is 6.69. The summed E-state index contributed by atoms with van der Waals surface area (Å²) in [5, 5.41) is 14.8. The van der Waals surface area contributed by atoms with Gasteiger partial charge in [-0.3, -0.25) is 4.98 Å². The summed E-state index contributed by atoms with van der Waals surface area (Å²) in [4.78, 5) is 12.2. The van der Waals surface area contributed by atoms with E-state index in [4.69, 9.17) is 22.3 Å². The minimum Gasteiger partial charge on any atom is -0.399 e. The first-order chi connectivity index (χ1) is 13.7. The number of nitrogen functional groups attached to an aromatic ring is 1. The topological polar surface area (TPSA) is 105 Å². The number of fused-ring (bicyclic) bond motifs is 3. The van der Waals surface area contributed by atoms with Crippen molar-refractivity contribution in [1.29, 1.82) is 0 Å². The number of nitrogens with two attached hydrogens (primary N) is 1. The molecule has 0 aliphatic carbocycles. The van der Waals surface area contributed by atoms with Crippen molar-refractivity contribution in [3.8, 4) is 11.4 Å². The molecule has 7 nitrogen and oxygen atoms in total. The third-order valence-electron chi connectivity index (χ3n) is 4.54. The summed E-state index contributed by atoms with van der Waals surface area (Å²) >= 11 is 6.36. The second-order valence-electron chi connectivity index (χ2n) is 6.29. The molecule has 5 aromatic rings. The van der Waals surface area contributed by atoms with Crippen molar-refractivity contribution in [3.05, 3.63) is 66.2 Å². The Hall–Kier alpha value is -3.71. The van der Waals surface area contributed by atoms with E-state index in [1.54, 1.807) is 24.7 Å². The minimum atomic E-state index is 0.521. The van der Waals surface area contributed by atoms with Gasteiger partial charge in [-0.05, 0) is 30.3 Å². The highest BCUT2D eigenvalue weighted by Crippen LogP contribution is 2.35. The number of aromatic amines is 1. The molecule has 0 fully saturated rings. The average molecular weight is 388 g/mol. The number of anilines is 3. The number of hydrogen-bond donors (Lipinski definition) is 3. The van der Waals surface area contributed by atoms with Crippen molar-refractivity contribution in [2.45, 2.75) is 0 Å². The van der Waals surface area contributed by atoms with E-state index in [0.29, 0.717) is 22.4 Å². The van der Waals surface area contributed by atoms with Crippen LogP contribution in [0.2, 0.25) is 5.02 Å². The predicted molar refractivity (Wildman–Crippen MR) is 112 cm³/mol. The number of halogens is 1. The maximum Gasteiger partial charge on any atom is 0.163 e. The highest BCUT2D eigenvalue weighted by atomic mass is 35.5. The highest BCUT2D eigenvalue weighted by molar-refractivity contribution is 6.33. The molecule has 0 unspecified atom stereocenters. The Morgan fingerprint density at radius 1 is 1.04 bits per heavy atom. The zero-order valence-electron chi connectivity index (χ0n) is 14.5. The summed E-state index contributed by atoms with van der Waals surface area (Å²) in [5.41, 5.74) is 8.77. The number of pyridine rings is 2. The first-order valence-corrected chi connectivity index (χ1v) is 8.93. The van der Waals surface area contributed by atoms with E-state index in [9.17, 15) is 0 Å².